The zero-order valence-corrected chi connectivity index (χ0v) is 7.60. The fourth-order valence-electron chi connectivity index (χ4n) is 0.932. The summed E-state index contributed by atoms with van der Waals surface area (Å²) in [6.45, 7) is 1.47. The second kappa shape index (κ2) is 3.15. The van der Waals surface area contributed by atoms with Crippen molar-refractivity contribution in [2.75, 3.05) is 0 Å². The van der Waals surface area contributed by atoms with E-state index in [1.54, 1.807) is 6.07 Å². The van der Waals surface area contributed by atoms with Gasteiger partial charge in [-0.2, -0.15) is 13.7 Å². The highest BCUT2D eigenvalue weighted by atomic mass is 32.3. The van der Waals surface area contributed by atoms with Crippen molar-refractivity contribution in [3.8, 4) is 6.07 Å². The molecule has 5 heteroatoms. The van der Waals surface area contributed by atoms with Crippen molar-refractivity contribution in [3.63, 3.8) is 0 Å². The molecule has 0 unspecified atom stereocenters. The van der Waals surface area contributed by atoms with Crippen LogP contribution in [0.25, 0.3) is 0 Å². The van der Waals surface area contributed by atoms with E-state index in [1.165, 1.54) is 19.1 Å². The van der Waals surface area contributed by atoms with Crippen LogP contribution in [0.2, 0.25) is 0 Å². The molecule has 0 aliphatic carbocycles. The second-order valence-electron chi connectivity index (χ2n) is 2.53. The average Bonchev–Trinajstić information content (AvgIpc) is 2.03. The standard InChI is InChI=1S/C8H6FNO2S/c1-6-2-3-7(5-10)4-8(6)13(9,11)12/h2-4H,1H3. The van der Waals surface area contributed by atoms with E-state index in [9.17, 15) is 12.3 Å². The third-order valence-corrected chi connectivity index (χ3v) is 2.55. The average molecular weight is 199 g/mol. The van der Waals surface area contributed by atoms with Crippen LogP contribution >= 0.6 is 0 Å². The minimum atomic E-state index is -4.72. The first-order chi connectivity index (χ1) is 5.95. The van der Waals surface area contributed by atoms with Crippen molar-refractivity contribution in [3.05, 3.63) is 29.3 Å². The van der Waals surface area contributed by atoms with Gasteiger partial charge in [-0.1, -0.05) is 6.07 Å². The number of benzene rings is 1. The molecule has 0 atom stereocenters. The van der Waals surface area contributed by atoms with Crippen molar-refractivity contribution < 1.29 is 12.3 Å². The van der Waals surface area contributed by atoms with Crippen molar-refractivity contribution >= 4 is 10.2 Å². The van der Waals surface area contributed by atoms with Gasteiger partial charge in [0.15, 0.2) is 0 Å². The summed E-state index contributed by atoms with van der Waals surface area (Å²) in [4.78, 5) is -0.438. The Kier molecular flexibility index (Phi) is 2.34. The zero-order valence-electron chi connectivity index (χ0n) is 6.78. The summed E-state index contributed by atoms with van der Waals surface area (Å²) in [5.41, 5.74) is 0.420. The summed E-state index contributed by atoms with van der Waals surface area (Å²) in [6, 6.07) is 5.58. The van der Waals surface area contributed by atoms with Crippen LogP contribution in [0.1, 0.15) is 11.1 Å². The third kappa shape index (κ3) is 2.04. The minimum Gasteiger partial charge on any atom is -0.192 e. The van der Waals surface area contributed by atoms with Gasteiger partial charge < -0.3 is 0 Å². The van der Waals surface area contributed by atoms with Gasteiger partial charge in [-0.15, -0.1) is 3.89 Å². The number of aryl methyl sites for hydroxylation is 1. The maximum atomic E-state index is 12.6. The molecule has 0 N–H and O–H groups in total. The van der Waals surface area contributed by atoms with E-state index in [-0.39, 0.29) is 5.56 Å². The Morgan fingerprint density at radius 1 is 1.46 bits per heavy atom. The van der Waals surface area contributed by atoms with Gasteiger partial charge in [0, 0.05) is 0 Å². The van der Waals surface area contributed by atoms with Gasteiger partial charge >= 0.3 is 10.2 Å². The molecule has 0 radical (unpaired) electrons. The summed E-state index contributed by atoms with van der Waals surface area (Å²) in [6.07, 6.45) is 0. The van der Waals surface area contributed by atoms with Crippen LogP contribution < -0.4 is 0 Å². The summed E-state index contributed by atoms with van der Waals surface area (Å²) in [7, 11) is -4.72. The predicted octanol–water partition coefficient (Wildman–Crippen LogP) is 1.52. The highest BCUT2D eigenvalue weighted by Gasteiger charge is 2.15. The van der Waals surface area contributed by atoms with Gasteiger partial charge in [-0.3, -0.25) is 0 Å². The Morgan fingerprint density at radius 2 is 2.08 bits per heavy atom. The molecule has 0 amide bonds. The molecule has 1 aromatic rings. The molecule has 68 valence electrons. The van der Waals surface area contributed by atoms with E-state index in [2.05, 4.69) is 0 Å². The molecular weight excluding hydrogens is 193 g/mol. The zero-order chi connectivity index (χ0) is 10.1. The predicted molar refractivity (Wildman–Crippen MR) is 44.2 cm³/mol. The molecule has 3 nitrogen and oxygen atoms in total. The number of halogens is 1. The Hall–Kier alpha value is -1.41. The first kappa shape index (κ1) is 9.68. The Labute approximate surface area is 75.6 Å². The van der Waals surface area contributed by atoms with Crippen LogP contribution in [0.5, 0.6) is 0 Å². The lowest BCUT2D eigenvalue weighted by Gasteiger charge is -1.99. The van der Waals surface area contributed by atoms with Gasteiger partial charge in [0.25, 0.3) is 0 Å². The summed E-state index contributed by atoms with van der Waals surface area (Å²) in [5, 5.41) is 8.45. The van der Waals surface area contributed by atoms with E-state index < -0.39 is 15.1 Å². The Bertz CT molecular complexity index is 473. The van der Waals surface area contributed by atoms with E-state index in [0.29, 0.717) is 5.56 Å². The number of nitriles is 1. The molecule has 0 heterocycles. The lowest BCUT2D eigenvalue weighted by Crippen LogP contribution is -1.96. The second-order valence-corrected chi connectivity index (χ2v) is 3.85. The van der Waals surface area contributed by atoms with Gasteiger partial charge in [-0.05, 0) is 24.6 Å². The van der Waals surface area contributed by atoms with Crippen LogP contribution in [0.15, 0.2) is 23.1 Å². The molecule has 13 heavy (non-hydrogen) atoms. The quantitative estimate of drug-likeness (QED) is 0.644. The molecule has 0 aromatic heterocycles. The number of nitrogens with zero attached hydrogens (tertiary/aromatic N) is 1. The van der Waals surface area contributed by atoms with Gasteiger partial charge in [0.05, 0.1) is 11.6 Å². The molecule has 1 rings (SSSR count). The highest BCUT2D eigenvalue weighted by molar-refractivity contribution is 7.86. The van der Waals surface area contributed by atoms with E-state index in [4.69, 9.17) is 5.26 Å². The fourth-order valence-corrected chi connectivity index (χ4v) is 1.65. The van der Waals surface area contributed by atoms with E-state index in [0.717, 1.165) is 6.07 Å². The monoisotopic (exact) mass is 199 g/mol. The van der Waals surface area contributed by atoms with Crippen molar-refractivity contribution in [2.24, 2.45) is 0 Å². The van der Waals surface area contributed by atoms with Crippen molar-refractivity contribution in [1.82, 2.24) is 0 Å². The third-order valence-electron chi connectivity index (χ3n) is 1.58. The first-order valence-electron chi connectivity index (χ1n) is 3.40. The summed E-state index contributed by atoms with van der Waals surface area (Å²) in [5.74, 6) is 0. The minimum absolute atomic E-state index is 0.127. The summed E-state index contributed by atoms with van der Waals surface area (Å²) >= 11 is 0. The largest absolute Gasteiger partial charge is 0.332 e. The molecule has 0 saturated carbocycles. The molecular formula is C8H6FNO2S. The smallest absolute Gasteiger partial charge is 0.192 e. The Morgan fingerprint density at radius 3 is 2.54 bits per heavy atom. The molecule has 0 fully saturated rings. The van der Waals surface area contributed by atoms with Crippen molar-refractivity contribution in [2.45, 2.75) is 11.8 Å². The lowest BCUT2D eigenvalue weighted by molar-refractivity contribution is 0.551. The van der Waals surface area contributed by atoms with Crippen LogP contribution in [0.4, 0.5) is 3.89 Å². The maximum Gasteiger partial charge on any atom is 0.332 e. The van der Waals surface area contributed by atoms with Gasteiger partial charge in [0.2, 0.25) is 0 Å². The van der Waals surface area contributed by atoms with Crippen LogP contribution in [0, 0.1) is 18.3 Å². The lowest BCUT2D eigenvalue weighted by atomic mass is 10.2. The molecule has 0 saturated heterocycles. The van der Waals surface area contributed by atoms with Crippen molar-refractivity contribution in [1.29, 1.82) is 5.26 Å². The number of hydrogen-bond acceptors (Lipinski definition) is 3. The molecule has 0 aliphatic heterocycles. The molecule has 0 aliphatic rings. The molecule has 1 aromatic carbocycles. The number of rotatable bonds is 1. The molecule has 0 spiro atoms. The van der Waals surface area contributed by atoms with Crippen LogP contribution in [-0.4, -0.2) is 8.42 Å². The van der Waals surface area contributed by atoms with E-state index in [1.807, 2.05) is 0 Å². The number of hydrogen-bond donors (Lipinski definition) is 0. The van der Waals surface area contributed by atoms with Gasteiger partial charge in [-0.25, -0.2) is 0 Å². The van der Waals surface area contributed by atoms with Crippen LogP contribution in [-0.2, 0) is 10.2 Å². The maximum absolute atomic E-state index is 12.6. The Balaban J connectivity index is 3.47. The van der Waals surface area contributed by atoms with E-state index >= 15 is 0 Å². The fraction of sp³-hybridized carbons (Fsp3) is 0.125. The topological polar surface area (TPSA) is 57.9 Å². The van der Waals surface area contributed by atoms with Gasteiger partial charge in [0.1, 0.15) is 4.90 Å². The highest BCUT2D eigenvalue weighted by Crippen LogP contribution is 2.18. The molecule has 0 bridgehead atoms. The first-order valence-corrected chi connectivity index (χ1v) is 4.79. The SMILES string of the molecule is Cc1ccc(C#N)cc1S(=O)(=O)F. The van der Waals surface area contributed by atoms with Crippen LogP contribution in [0.3, 0.4) is 0 Å². The normalized spacial score (nSPS) is 10.8. The summed E-state index contributed by atoms with van der Waals surface area (Å²) < 4.78 is 33.7.